The molecule has 6 heteroatoms. The Balaban J connectivity index is 1.77. The Labute approximate surface area is 131 Å². The van der Waals surface area contributed by atoms with Gasteiger partial charge in [-0.1, -0.05) is 35.9 Å². The average Bonchev–Trinajstić information content (AvgIpc) is 2.83. The van der Waals surface area contributed by atoms with E-state index in [0.717, 1.165) is 30.4 Å². The highest BCUT2D eigenvalue weighted by Crippen LogP contribution is 2.41. The third-order valence-corrected chi connectivity index (χ3v) is 4.62. The van der Waals surface area contributed by atoms with E-state index in [2.05, 4.69) is 15.0 Å². The standard InChI is InChI=1S/C16H14ClN3O2/c17-11-8-12-14(20-15(21)18-12)19-13(11)9-2-4-10(5-3-9)16(22)6-1-7-16/h2-5,8,22H,1,6-7H2,(H2,18,19,20,21). The van der Waals surface area contributed by atoms with Crippen molar-refractivity contribution in [3.05, 3.63) is 51.4 Å². The summed E-state index contributed by atoms with van der Waals surface area (Å²) >= 11 is 6.27. The summed E-state index contributed by atoms with van der Waals surface area (Å²) in [4.78, 5) is 21.0. The van der Waals surface area contributed by atoms with E-state index in [1.807, 2.05) is 24.3 Å². The summed E-state index contributed by atoms with van der Waals surface area (Å²) in [5.74, 6) is 0. The summed E-state index contributed by atoms with van der Waals surface area (Å²) in [7, 11) is 0. The average molecular weight is 316 g/mol. The number of hydrogen-bond acceptors (Lipinski definition) is 3. The third-order valence-electron chi connectivity index (χ3n) is 4.33. The second-order valence-corrected chi connectivity index (χ2v) is 6.16. The van der Waals surface area contributed by atoms with Crippen molar-refractivity contribution in [2.24, 2.45) is 0 Å². The molecule has 0 saturated heterocycles. The molecule has 22 heavy (non-hydrogen) atoms. The zero-order valence-corrected chi connectivity index (χ0v) is 12.4. The Bertz CT molecular complexity index is 907. The monoisotopic (exact) mass is 315 g/mol. The Morgan fingerprint density at radius 2 is 1.91 bits per heavy atom. The van der Waals surface area contributed by atoms with Crippen LogP contribution >= 0.6 is 11.6 Å². The zero-order chi connectivity index (χ0) is 15.3. The van der Waals surface area contributed by atoms with Gasteiger partial charge in [-0.3, -0.25) is 4.98 Å². The number of H-pyrrole nitrogens is 2. The zero-order valence-electron chi connectivity index (χ0n) is 11.7. The van der Waals surface area contributed by atoms with Crippen LogP contribution in [0.2, 0.25) is 5.02 Å². The molecule has 2 heterocycles. The van der Waals surface area contributed by atoms with E-state index >= 15 is 0 Å². The van der Waals surface area contributed by atoms with Crippen molar-refractivity contribution in [2.75, 3.05) is 0 Å². The third kappa shape index (κ3) is 2.05. The Morgan fingerprint density at radius 3 is 2.55 bits per heavy atom. The second kappa shape index (κ2) is 4.69. The van der Waals surface area contributed by atoms with E-state index in [0.29, 0.717) is 21.9 Å². The van der Waals surface area contributed by atoms with Crippen molar-refractivity contribution in [1.82, 2.24) is 15.0 Å². The number of halogens is 1. The number of pyridine rings is 1. The van der Waals surface area contributed by atoms with Gasteiger partial charge >= 0.3 is 5.69 Å². The molecule has 1 aliphatic carbocycles. The molecule has 0 unspecified atom stereocenters. The number of hydrogen-bond donors (Lipinski definition) is 3. The number of benzene rings is 1. The second-order valence-electron chi connectivity index (χ2n) is 5.76. The fraction of sp³-hybridized carbons (Fsp3) is 0.250. The first kappa shape index (κ1) is 13.5. The van der Waals surface area contributed by atoms with Crippen LogP contribution in [0.25, 0.3) is 22.4 Å². The Morgan fingerprint density at radius 1 is 1.18 bits per heavy atom. The normalized spacial score (nSPS) is 16.6. The lowest BCUT2D eigenvalue weighted by molar-refractivity contribution is -0.0387. The molecule has 1 fully saturated rings. The SMILES string of the molecule is O=c1[nH]c2cc(Cl)c(-c3ccc(C4(O)CCC4)cc3)nc2[nH]1. The first-order chi connectivity index (χ1) is 10.5. The van der Waals surface area contributed by atoms with E-state index < -0.39 is 5.60 Å². The topological polar surface area (TPSA) is 81.8 Å². The van der Waals surface area contributed by atoms with E-state index in [1.54, 1.807) is 6.07 Å². The fourth-order valence-corrected chi connectivity index (χ4v) is 3.14. The molecule has 0 amide bonds. The number of fused-ring (bicyclic) bond motifs is 1. The molecular weight excluding hydrogens is 302 g/mol. The molecule has 3 aromatic rings. The van der Waals surface area contributed by atoms with Crippen molar-refractivity contribution in [2.45, 2.75) is 24.9 Å². The number of aliphatic hydroxyl groups is 1. The molecule has 0 aliphatic heterocycles. The summed E-state index contributed by atoms with van der Waals surface area (Å²) in [6, 6.07) is 9.31. The Kier molecular flexibility index (Phi) is 2.89. The van der Waals surface area contributed by atoms with Crippen LogP contribution in [0.3, 0.4) is 0 Å². The maximum absolute atomic E-state index is 11.3. The molecule has 5 nitrogen and oxygen atoms in total. The highest BCUT2D eigenvalue weighted by molar-refractivity contribution is 6.33. The van der Waals surface area contributed by atoms with Crippen molar-refractivity contribution >= 4 is 22.8 Å². The quantitative estimate of drug-likeness (QED) is 0.680. The van der Waals surface area contributed by atoms with Gasteiger partial charge in [0.05, 0.1) is 21.8 Å². The van der Waals surface area contributed by atoms with Crippen molar-refractivity contribution in [3.8, 4) is 11.3 Å². The molecule has 0 spiro atoms. The molecule has 1 saturated carbocycles. The molecule has 4 rings (SSSR count). The molecular formula is C16H14ClN3O2. The maximum Gasteiger partial charge on any atom is 0.325 e. The summed E-state index contributed by atoms with van der Waals surface area (Å²) in [6.07, 6.45) is 2.67. The smallest absolute Gasteiger partial charge is 0.325 e. The highest BCUT2D eigenvalue weighted by atomic mass is 35.5. The van der Waals surface area contributed by atoms with Gasteiger partial charge in [0.1, 0.15) is 0 Å². The number of nitrogens with one attached hydrogen (secondary N) is 2. The molecule has 0 bridgehead atoms. The molecule has 1 aliphatic rings. The van der Waals surface area contributed by atoms with Gasteiger partial charge in [-0.2, -0.15) is 0 Å². The fourth-order valence-electron chi connectivity index (χ4n) is 2.88. The van der Waals surface area contributed by atoms with Crippen LogP contribution in [0, 0.1) is 0 Å². The van der Waals surface area contributed by atoms with Gasteiger partial charge in [-0.25, -0.2) is 9.78 Å². The van der Waals surface area contributed by atoms with Crippen LogP contribution < -0.4 is 5.69 Å². The van der Waals surface area contributed by atoms with Crippen LogP contribution in [0.4, 0.5) is 0 Å². The van der Waals surface area contributed by atoms with E-state index in [1.165, 1.54) is 0 Å². The van der Waals surface area contributed by atoms with E-state index in [-0.39, 0.29) is 5.69 Å². The molecule has 0 radical (unpaired) electrons. The minimum absolute atomic E-state index is 0.307. The van der Waals surface area contributed by atoms with Crippen LogP contribution in [0.5, 0.6) is 0 Å². The number of aromatic nitrogens is 3. The van der Waals surface area contributed by atoms with Crippen molar-refractivity contribution < 1.29 is 5.11 Å². The van der Waals surface area contributed by atoms with E-state index in [9.17, 15) is 9.90 Å². The van der Waals surface area contributed by atoms with Gasteiger partial charge in [0.15, 0.2) is 5.65 Å². The predicted molar refractivity (Wildman–Crippen MR) is 84.9 cm³/mol. The van der Waals surface area contributed by atoms with Crippen LogP contribution in [-0.2, 0) is 5.60 Å². The van der Waals surface area contributed by atoms with Gasteiger partial charge in [-0.05, 0) is 30.9 Å². The number of nitrogens with zero attached hydrogens (tertiary/aromatic N) is 1. The van der Waals surface area contributed by atoms with E-state index in [4.69, 9.17) is 11.6 Å². The van der Waals surface area contributed by atoms with Gasteiger partial charge in [0.2, 0.25) is 0 Å². The largest absolute Gasteiger partial charge is 0.385 e. The minimum Gasteiger partial charge on any atom is -0.385 e. The molecule has 3 N–H and O–H groups in total. The van der Waals surface area contributed by atoms with Gasteiger partial charge in [-0.15, -0.1) is 0 Å². The summed E-state index contributed by atoms with van der Waals surface area (Å²) in [6.45, 7) is 0. The predicted octanol–water partition coefficient (Wildman–Crippen LogP) is 2.94. The van der Waals surface area contributed by atoms with Crippen LogP contribution in [0.1, 0.15) is 24.8 Å². The highest BCUT2D eigenvalue weighted by Gasteiger charge is 2.35. The number of rotatable bonds is 2. The minimum atomic E-state index is -0.675. The van der Waals surface area contributed by atoms with Gasteiger partial charge in [0, 0.05) is 5.56 Å². The Hall–Kier alpha value is -2.11. The summed E-state index contributed by atoms with van der Waals surface area (Å²) in [5, 5.41) is 10.8. The van der Waals surface area contributed by atoms with Crippen molar-refractivity contribution in [3.63, 3.8) is 0 Å². The lowest BCUT2D eigenvalue weighted by Crippen LogP contribution is -2.33. The first-order valence-electron chi connectivity index (χ1n) is 7.17. The number of imidazole rings is 1. The van der Waals surface area contributed by atoms with Crippen LogP contribution in [0.15, 0.2) is 35.1 Å². The number of aromatic amines is 2. The lowest BCUT2D eigenvalue weighted by Gasteiger charge is -2.37. The maximum atomic E-state index is 11.3. The molecule has 1 aromatic carbocycles. The van der Waals surface area contributed by atoms with Crippen molar-refractivity contribution in [1.29, 1.82) is 0 Å². The summed E-state index contributed by atoms with van der Waals surface area (Å²) in [5.41, 5.74) is 2.46. The van der Waals surface area contributed by atoms with Crippen LogP contribution in [-0.4, -0.2) is 20.1 Å². The molecule has 0 atom stereocenters. The van der Waals surface area contributed by atoms with Gasteiger partial charge < -0.3 is 10.1 Å². The van der Waals surface area contributed by atoms with Gasteiger partial charge in [0.25, 0.3) is 0 Å². The summed E-state index contributed by atoms with van der Waals surface area (Å²) < 4.78 is 0. The lowest BCUT2D eigenvalue weighted by atomic mass is 9.75. The first-order valence-corrected chi connectivity index (χ1v) is 7.55. The molecule has 2 aromatic heterocycles. The molecule has 112 valence electrons.